The molecule has 10 heteroatoms. The van der Waals surface area contributed by atoms with E-state index in [1.807, 2.05) is 13.0 Å². The predicted molar refractivity (Wildman–Crippen MR) is 121 cm³/mol. The third-order valence-corrected chi connectivity index (χ3v) is 6.39. The summed E-state index contributed by atoms with van der Waals surface area (Å²) >= 11 is 6.18. The van der Waals surface area contributed by atoms with Crippen LogP contribution in [-0.2, 0) is 0 Å². The third-order valence-electron chi connectivity index (χ3n) is 6.08. The van der Waals surface area contributed by atoms with Gasteiger partial charge in [-0.25, -0.2) is 14.4 Å². The lowest BCUT2D eigenvalue weighted by molar-refractivity contribution is 0.374. The normalized spacial score (nSPS) is 22.5. The van der Waals surface area contributed by atoms with Gasteiger partial charge in [0.15, 0.2) is 0 Å². The Morgan fingerprint density at radius 2 is 1.97 bits per heavy atom. The molecular formula is C22H23ClFN7O. The van der Waals surface area contributed by atoms with E-state index in [0.717, 1.165) is 43.6 Å². The van der Waals surface area contributed by atoms with Gasteiger partial charge in [0.05, 0.1) is 11.2 Å². The highest BCUT2D eigenvalue weighted by Crippen LogP contribution is 2.40. The number of anilines is 2. The second kappa shape index (κ2) is 8.74. The Bertz CT molecular complexity index is 1120. The number of halogens is 2. The van der Waals surface area contributed by atoms with Crippen molar-refractivity contribution in [2.75, 3.05) is 23.3 Å². The standard InChI is InChI=1S/C22H23ClFN7O/c1-14-10-19(26-13-25-14)30-11-15-6-7-16(12-30)20(15)27-21-28-22(31(29-21)9-8-24)32-18-5-3-2-4-17(18)23/h2-5,8-10,13,15-16,20H,6-7,11-12H2,1H3,(H,27,29)/b9-8+/t15-,16+,20?. The summed E-state index contributed by atoms with van der Waals surface area (Å²) in [5.41, 5.74) is 0.962. The Morgan fingerprint density at radius 1 is 1.19 bits per heavy atom. The fourth-order valence-corrected chi connectivity index (χ4v) is 4.80. The van der Waals surface area contributed by atoms with Gasteiger partial charge in [-0.3, -0.25) is 0 Å². The van der Waals surface area contributed by atoms with Crippen molar-refractivity contribution in [1.82, 2.24) is 24.7 Å². The summed E-state index contributed by atoms with van der Waals surface area (Å²) in [5.74, 6) is 2.66. The monoisotopic (exact) mass is 455 g/mol. The van der Waals surface area contributed by atoms with Crippen molar-refractivity contribution in [3.05, 3.63) is 53.7 Å². The summed E-state index contributed by atoms with van der Waals surface area (Å²) in [6, 6.07) is 9.43. The molecule has 3 heterocycles. The molecule has 2 bridgehead atoms. The number of aromatic nitrogens is 5. The summed E-state index contributed by atoms with van der Waals surface area (Å²) in [6.45, 7) is 3.78. The number of benzene rings is 1. The lowest BCUT2D eigenvalue weighted by atomic mass is 9.92. The first-order valence-electron chi connectivity index (χ1n) is 10.6. The molecule has 166 valence electrons. The minimum atomic E-state index is 0.135. The van der Waals surface area contributed by atoms with E-state index in [0.29, 0.717) is 34.9 Å². The molecule has 3 atom stereocenters. The van der Waals surface area contributed by atoms with Crippen molar-refractivity contribution in [2.45, 2.75) is 25.8 Å². The van der Waals surface area contributed by atoms with E-state index in [9.17, 15) is 4.39 Å². The third kappa shape index (κ3) is 4.12. The van der Waals surface area contributed by atoms with E-state index >= 15 is 0 Å². The summed E-state index contributed by atoms with van der Waals surface area (Å²) in [6.07, 6.45) is 5.41. The number of nitrogens with zero attached hydrogens (tertiary/aromatic N) is 6. The summed E-state index contributed by atoms with van der Waals surface area (Å²) in [7, 11) is 0. The summed E-state index contributed by atoms with van der Waals surface area (Å²) < 4.78 is 20.0. The maximum absolute atomic E-state index is 12.9. The average Bonchev–Trinajstić information content (AvgIpc) is 3.25. The number of aryl methyl sites for hydroxylation is 1. The van der Waals surface area contributed by atoms with E-state index in [2.05, 4.69) is 30.3 Å². The van der Waals surface area contributed by atoms with Crippen molar-refractivity contribution in [1.29, 1.82) is 0 Å². The zero-order valence-electron chi connectivity index (χ0n) is 17.5. The molecule has 2 aromatic heterocycles. The van der Waals surface area contributed by atoms with Crippen LogP contribution in [-0.4, -0.2) is 43.9 Å². The smallest absolute Gasteiger partial charge is 0.326 e. The van der Waals surface area contributed by atoms with Gasteiger partial charge in [-0.2, -0.15) is 9.67 Å². The highest BCUT2D eigenvalue weighted by Gasteiger charge is 2.43. The van der Waals surface area contributed by atoms with Gasteiger partial charge in [0.25, 0.3) is 0 Å². The van der Waals surface area contributed by atoms with Crippen LogP contribution in [0.5, 0.6) is 11.8 Å². The van der Waals surface area contributed by atoms with Crippen LogP contribution in [0.25, 0.3) is 6.20 Å². The molecule has 1 aromatic carbocycles. The maximum atomic E-state index is 12.9. The summed E-state index contributed by atoms with van der Waals surface area (Å²) in [5, 5.41) is 8.28. The molecule has 2 aliphatic rings. The lowest BCUT2D eigenvalue weighted by Crippen LogP contribution is -2.48. The van der Waals surface area contributed by atoms with E-state index in [4.69, 9.17) is 16.3 Å². The molecule has 1 unspecified atom stereocenters. The Hall–Kier alpha value is -3.20. The van der Waals surface area contributed by atoms with Crippen LogP contribution >= 0.6 is 11.6 Å². The molecule has 5 rings (SSSR count). The molecule has 1 aliphatic carbocycles. The van der Waals surface area contributed by atoms with Crippen LogP contribution in [0.15, 0.2) is 43.0 Å². The van der Waals surface area contributed by atoms with Crippen LogP contribution in [0.4, 0.5) is 16.2 Å². The SMILES string of the molecule is Cc1cc(N2C[C@H]3CC[C@@H](C2)C3Nc2nc(Oc3ccccc3Cl)n(/C=C/F)n2)ncn1. The van der Waals surface area contributed by atoms with E-state index in [-0.39, 0.29) is 12.1 Å². The van der Waals surface area contributed by atoms with Gasteiger partial charge in [-0.1, -0.05) is 23.7 Å². The number of ether oxygens (including phenoxy) is 1. The van der Waals surface area contributed by atoms with Gasteiger partial charge in [-0.05, 0) is 43.7 Å². The number of piperidine rings is 1. The molecule has 0 amide bonds. The number of fused-ring (bicyclic) bond motifs is 2. The van der Waals surface area contributed by atoms with Crippen LogP contribution in [0.2, 0.25) is 5.02 Å². The number of nitrogens with one attached hydrogen (secondary N) is 1. The molecule has 0 radical (unpaired) electrons. The number of para-hydroxylation sites is 1. The molecule has 32 heavy (non-hydrogen) atoms. The Morgan fingerprint density at radius 3 is 2.69 bits per heavy atom. The minimum Gasteiger partial charge on any atom is -0.423 e. The van der Waals surface area contributed by atoms with Crippen molar-refractivity contribution in [3.8, 4) is 11.8 Å². The fourth-order valence-electron chi connectivity index (χ4n) is 4.62. The van der Waals surface area contributed by atoms with Crippen LogP contribution < -0.4 is 15.0 Å². The minimum absolute atomic E-state index is 0.135. The topological polar surface area (TPSA) is 81.0 Å². The largest absolute Gasteiger partial charge is 0.423 e. The molecule has 2 fully saturated rings. The maximum Gasteiger partial charge on any atom is 0.326 e. The second-order valence-corrected chi connectivity index (χ2v) is 8.57. The van der Waals surface area contributed by atoms with E-state index in [1.54, 1.807) is 30.6 Å². The molecule has 3 aromatic rings. The molecule has 0 spiro atoms. The van der Waals surface area contributed by atoms with Crippen LogP contribution in [0.3, 0.4) is 0 Å². The Kier molecular flexibility index (Phi) is 5.65. The Balaban J connectivity index is 1.33. The van der Waals surface area contributed by atoms with Gasteiger partial charge in [-0.15, -0.1) is 5.10 Å². The van der Waals surface area contributed by atoms with Crippen molar-refractivity contribution in [3.63, 3.8) is 0 Å². The van der Waals surface area contributed by atoms with E-state index in [1.165, 1.54) is 4.68 Å². The quantitative estimate of drug-likeness (QED) is 0.584. The molecule has 8 nitrogen and oxygen atoms in total. The van der Waals surface area contributed by atoms with Crippen LogP contribution in [0.1, 0.15) is 18.5 Å². The number of hydrogen-bond acceptors (Lipinski definition) is 7. The number of hydrogen-bond donors (Lipinski definition) is 1. The highest BCUT2D eigenvalue weighted by atomic mass is 35.5. The van der Waals surface area contributed by atoms with Crippen molar-refractivity contribution in [2.24, 2.45) is 11.8 Å². The average molecular weight is 456 g/mol. The fraction of sp³-hybridized carbons (Fsp3) is 0.364. The van der Waals surface area contributed by atoms with Gasteiger partial charge in [0.2, 0.25) is 5.95 Å². The summed E-state index contributed by atoms with van der Waals surface area (Å²) in [4.78, 5) is 15.4. The zero-order chi connectivity index (χ0) is 22.1. The lowest BCUT2D eigenvalue weighted by Gasteiger charge is -2.38. The number of rotatable bonds is 6. The molecular weight excluding hydrogens is 433 g/mol. The molecule has 1 aliphatic heterocycles. The molecule has 1 saturated carbocycles. The van der Waals surface area contributed by atoms with Gasteiger partial charge in [0, 0.05) is 30.9 Å². The zero-order valence-corrected chi connectivity index (χ0v) is 18.3. The first-order valence-corrected chi connectivity index (χ1v) is 10.9. The van der Waals surface area contributed by atoms with Gasteiger partial charge < -0.3 is 15.0 Å². The Labute approximate surface area is 190 Å². The second-order valence-electron chi connectivity index (χ2n) is 8.16. The molecule has 1 saturated heterocycles. The van der Waals surface area contributed by atoms with Gasteiger partial charge in [0.1, 0.15) is 24.2 Å². The van der Waals surface area contributed by atoms with Crippen molar-refractivity contribution < 1.29 is 9.13 Å². The van der Waals surface area contributed by atoms with Crippen LogP contribution in [0, 0.1) is 18.8 Å². The molecule has 1 N–H and O–H groups in total. The first-order chi connectivity index (χ1) is 15.6. The van der Waals surface area contributed by atoms with Gasteiger partial charge >= 0.3 is 6.01 Å². The first kappa shape index (κ1) is 20.7. The predicted octanol–water partition coefficient (Wildman–Crippen LogP) is 4.55. The van der Waals surface area contributed by atoms with Crippen molar-refractivity contribution >= 4 is 29.6 Å². The highest BCUT2D eigenvalue weighted by molar-refractivity contribution is 6.32. The van der Waals surface area contributed by atoms with E-state index < -0.39 is 0 Å².